The predicted molar refractivity (Wildman–Crippen MR) is 67.6 cm³/mol. The lowest BCUT2D eigenvalue weighted by Gasteiger charge is -2.04. The highest BCUT2D eigenvalue weighted by Gasteiger charge is 1.98. The van der Waals surface area contributed by atoms with Gasteiger partial charge in [-0.1, -0.05) is 38.2 Å². The van der Waals surface area contributed by atoms with E-state index < -0.39 is 0 Å². The van der Waals surface area contributed by atoms with Crippen molar-refractivity contribution in [3.05, 3.63) is 41.2 Å². The molecule has 1 aliphatic carbocycles. The summed E-state index contributed by atoms with van der Waals surface area (Å²) in [6, 6.07) is 2.13. The lowest BCUT2D eigenvalue weighted by molar-refractivity contribution is 1.06. The van der Waals surface area contributed by atoms with E-state index in [1.807, 2.05) is 27.0 Å². The van der Waals surface area contributed by atoms with Gasteiger partial charge in [-0.2, -0.15) is 0 Å². The molecule has 1 heteroatoms. The zero-order valence-electron chi connectivity index (χ0n) is 9.83. The molecule has 0 saturated heterocycles. The van der Waals surface area contributed by atoms with Gasteiger partial charge in [-0.15, -0.1) is 0 Å². The van der Waals surface area contributed by atoms with Gasteiger partial charge in [-0.05, 0) is 37.0 Å². The number of pyridine rings is 1. The standard InChI is InChI=1S/C12H13N.C2H6/c1-10-8-11-6-4-2-3-5-7-12(11)9-13-10;1-2/h4-9H,2-3H2,1H3;1-2H3/b6-4-,7-5-;. The molecule has 1 aliphatic rings. The maximum absolute atomic E-state index is 4.28. The van der Waals surface area contributed by atoms with Crippen LogP contribution in [0.4, 0.5) is 0 Å². The van der Waals surface area contributed by atoms with Gasteiger partial charge in [0.2, 0.25) is 0 Å². The van der Waals surface area contributed by atoms with Crippen LogP contribution in [0, 0.1) is 6.92 Å². The van der Waals surface area contributed by atoms with Crippen molar-refractivity contribution in [3.8, 4) is 0 Å². The SMILES string of the molecule is CC.Cc1cc2c(cn1)/C=C\CC/C=C\2. The maximum Gasteiger partial charge on any atom is 0.0379 e. The molecule has 0 aromatic carbocycles. The summed E-state index contributed by atoms with van der Waals surface area (Å²) >= 11 is 0. The summed E-state index contributed by atoms with van der Waals surface area (Å²) in [5, 5.41) is 0. The molecule has 0 atom stereocenters. The smallest absolute Gasteiger partial charge is 0.0379 e. The molecule has 1 aromatic rings. The Labute approximate surface area is 92.6 Å². The number of rotatable bonds is 0. The van der Waals surface area contributed by atoms with Crippen molar-refractivity contribution in [1.82, 2.24) is 4.98 Å². The van der Waals surface area contributed by atoms with Gasteiger partial charge in [0.1, 0.15) is 0 Å². The molecule has 80 valence electrons. The summed E-state index contributed by atoms with van der Waals surface area (Å²) < 4.78 is 0. The fraction of sp³-hybridized carbons (Fsp3) is 0.357. The van der Waals surface area contributed by atoms with Crippen molar-refractivity contribution in [2.24, 2.45) is 0 Å². The summed E-state index contributed by atoms with van der Waals surface area (Å²) in [5.41, 5.74) is 3.59. The van der Waals surface area contributed by atoms with E-state index in [-0.39, 0.29) is 0 Å². The van der Waals surface area contributed by atoms with Gasteiger partial charge in [0.25, 0.3) is 0 Å². The molecule has 1 aromatic heterocycles. The van der Waals surface area contributed by atoms with Crippen LogP contribution >= 0.6 is 0 Å². The molecule has 1 nitrogen and oxygen atoms in total. The van der Waals surface area contributed by atoms with Crippen LogP contribution in [0.2, 0.25) is 0 Å². The van der Waals surface area contributed by atoms with E-state index in [0.717, 1.165) is 18.5 Å². The van der Waals surface area contributed by atoms with Crippen LogP contribution in [-0.4, -0.2) is 4.98 Å². The Balaban J connectivity index is 0.000000531. The van der Waals surface area contributed by atoms with Crippen LogP contribution in [0.3, 0.4) is 0 Å². The second-order valence-corrected chi connectivity index (χ2v) is 3.34. The van der Waals surface area contributed by atoms with Gasteiger partial charge in [0, 0.05) is 11.9 Å². The minimum Gasteiger partial charge on any atom is -0.261 e. The Morgan fingerprint density at radius 1 is 1.00 bits per heavy atom. The molecule has 0 N–H and O–H groups in total. The van der Waals surface area contributed by atoms with Crippen molar-refractivity contribution >= 4 is 12.2 Å². The summed E-state index contributed by atoms with van der Waals surface area (Å²) in [4.78, 5) is 4.28. The monoisotopic (exact) mass is 201 g/mol. The van der Waals surface area contributed by atoms with Gasteiger partial charge in [-0.25, -0.2) is 0 Å². The number of nitrogens with zero attached hydrogens (tertiary/aromatic N) is 1. The number of hydrogen-bond donors (Lipinski definition) is 0. The van der Waals surface area contributed by atoms with Crippen molar-refractivity contribution in [1.29, 1.82) is 0 Å². The summed E-state index contributed by atoms with van der Waals surface area (Å²) in [6.45, 7) is 6.02. The first kappa shape index (κ1) is 11.7. The van der Waals surface area contributed by atoms with Crippen LogP contribution < -0.4 is 0 Å². The lowest BCUT2D eigenvalue weighted by atomic mass is 10.0. The second kappa shape index (κ2) is 6.18. The van der Waals surface area contributed by atoms with Crippen molar-refractivity contribution < 1.29 is 0 Å². The maximum atomic E-state index is 4.28. The first-order chi connectivity index (χ1) is 7.36. The van der Waals surface area contributed by atoms with Crippen molar-refractivity contribution in [2.45, 2.75) is 33.6 Å². The molecule has 2 rings (SSSR count). The highest BCUT2D eigenvalue weighted by molar-refractivity contribution is 5.65. The Bertz CT molecular complexity index is 362. The Morgan fingerprint density at radius 3 is 2.27 bits per heavy atom. The molecule has 0 spiro atoms. The molecule has 0 radical (unpaired) electrons. The predicted octanol–water partition coefficient (Wildman–Crippen LogP) is 4.24. The molecular formula is C14H19N. The van der Waals surface area contributed by atoms with E-state index in [0.29, 0.717) is 0 Å². The third-order valence-corrected chi connectivity index (χ3v) is 2.20. The zero-order chi connectivity index (χ0) is 11.1. The Hall–Kier alpha value is -1.37. The van der Waals surface area contributed by atoms with Gasteiger partial charge in [-0.3, -0.25) is 4.98 Å². The molecule has 0 fully saturated rings. The molecule has 0 saturated carbocycles. The highest BCUT2D eigenvalue weighted by atomic mass is 14.7. The van der Waals surface area contributed by atoms with E-state index in [9.17, 15) is 0 Å². The van der Waals surface area contributed by atoms with Crippen molar-refractivity contribution in [2.75, 3.05) is 0 Å². The molecule has 1 heterocycles. The van der Waals surface area contributed by atoms with Crippen molar-refractivity contribution in [3.63, 3.8) is 0 Å². The summed E-state index contributed by atoms with van der Waals surface area (Å²) in [6.07, 6.45) is 13.0. The lowest BCUT2D eigenvalue weighted by Crippen LogP contribution is -1.88. The molecule has 0 bridgehead atoms. The molecule has 0 amide bonds. The number of fused-ring (bicyclic) bond motifs is 1. The Kier molecular flexibility index (Phi) is 4.82. The molecule has 0 aliphatic heterocycles. The highest BCUT2D eigenvalue weighted by Crippen LogP contribution is 2.16. The van der Waals surface area contributed by atoms with E-state index in [1.54, 1.807) is 0 Å². The fourth-order valence-electron chi connectivity index (χ4n) is 1.49. The summed E-state index contributed by atoms with van der Waals surface area (Å²) in [7, 11) is 0. The first-order valence-electron chi connectivity index (χ1n) is 5.66. The topological polar surface area (TPSA) is 12.9 Å². The largest absolute Gasteiger partial charge is 0.261 e. The van der Waals surface area contributed by atoms with Crippen LogP contribution in [0.25, 0.3) is 12.2 Å². The van der Waals surface area contributed by atoms with Crippen LogP contribution in [-0.2, 0) is 0 Å². The first-order valence-corrected chi connectivity index (χ1v) is 5.66. The van der Waals surface area contributed by atoms with Gasteiger partial charge in [0.05, 0.1) is 0 Å². The minimum absolute atomic E-state index is 1.08. The number of allylic oxidation sites excluding steroid dienone is 2. The van der Waals surface area contributed by atoms with E-state index >= 15 is 0 Å². The fourth-order valence-corrected chi connectivity index (χ4v) is 1.49. The quantitative estimate of drug-likeness (QED) is 0.612. The van der Waals surface area contributed by atoms with Crippen LogP contribution in [0.15, 0.2) is 24.4 Å². The zero-order valence-corrected chi connectivity index (χ0v) is 9.83. The van der Waals surface area contributed by atoms with E-state index in [2.05, 4.69) is 35.4 Å². The summed E-state index contributed by atoms with van der Waals surface area (Å²) in [5.74, 6) is 0. The molecule has 15 heavy (non-hydrogen) atoms. The third kappa shape index (κ3) is 3.35. The molecule has 0 unspecified atom stereocenters. The number of aromatic nitrogens is 1. The van der Waals surface area contributed by atoms with Gasteiger partial charge >= 0.3 is 0 Å². The normalized spacial score (nSPS) is 17.5. The average Bonchev–Trinajstić information content (AvgIpc) is 2.23. The molecular weight excluding hydrogens is 182 g/mol. The second-order valence-electron chi connectivity index (χ2n) is 3.34. The van der Waals surface area contributed by atoms with Crippen LogP contribution in [0.1, 0.15) is 43.5 Å². The van der Waals surface area contributed by atoms with Gasteiger partial charge in [0.15, 0.2) is 0 Å². The number of aryl methyl sites for hydroxylation is 1. The number of hydrogen-bond acceptors (Lipinski definition) is 1. The van der Waals surface area contributed by atoms with Crippen LogP contribution in [0.5, 0.6) is 0 Å². The van der Waals surface area contributed by atoms with E-state index in [4.69, 9.17) is 0 Å². The Morgan fingerprint density at radius 2 is 1.60 bits per heavy atom. The minimum atomic E-state index is 1.08. The van der Waals surface area contributed by atoms with Gasteiger partial charge < -0.3 is 0 Å². The average molecular weight is 201 g/mol. The van der Waals surface area contributed by atoms with E-state index in [1.165, 1.54) is 11.1 Å². The third-order valence-electron chi connectivity index (χ3n) is 2.20.